The number of ether oxygens (including phenoxy) is 2. The van der Waals surface area contributed by atoms with Gasteiger partial charge in [0.2, 0.25) is 0 Å². The molecule has 0 aliphatic carbocycles. The van der Waals surface area contributed by atoms with Crippen molar-refractivity contribution < 1.29 is 24.2 Å². The summed E-state index contributed by atoms with van der Waals surface area (Å²) in [5.41, 5.74) is 3.21. The van der Waals surface area contributed by atoms with Gasteiger partial charge in [0.05, 0.1) is 42.2 Å². The zero-order valence-corrected chi connectivity index (χ0v) is 18.4. The molecule has 2 amide bonds. The van der Waals surface area contributed by atoms with Gasteiger partial charge >= 0.3 is 6.09 Å². The molecule has 1 N–H and O–H groups in total. The highest BCUT2D eigenvalue weighted by Crippen LogP contribution is 2.41. The SMILES string of the molecule is CCC1CN(C(=O)c2cc(OC)c(OC)cc2Cl)c2cc(C)c(C)cc2N1C(=O)O. The van der Waals surface area contributed by atoms with E-state index >= 15 is 0 Å². The molecular formula is C22H25ClN2O5. The molecule has 0 fully saturated rings. The molecule has 1 unspecified atom stereocenters. The van der Waals surface area contributed by atoms with Gasteiger partial charge in [-0.05, 0) is 49.6 Å². The fourth-order valence-electron chi connectivity index (χ4n) is 3.71. The second-order valence-electron chi connectivity index (χ2n) is 7.24. The molecule has 1 heterocycles. The average molecular weight is 433 g/mol. The summed E-state index contributed by atoms with van der Waals surface area (Å²) in [6.45, 7) is 5.97. The van der Waals surface area contributed by atoms with Gasteiger partial charge in [0.15, 0.2) is 11.5 Å². The van der Waals surface area contributed by atoms with E-state index in [1.54, 1.807) is 17.0 Å². The molecule has 30 heavy (non-hydrogen) atoms. The smallest absolute Gasteiger partial charge is 0.412 e. The lowest BCUT2D eigenvalue weighted by Crippen LogP contribution is -2.52. The van der Waals surface area contributed by atoms with Gasteiger partial charge in [-0.2, -0.15) is 0 Å². The number of carbonyl (C=O) groups excluding carboxylic acids is 1. The normalized spacial score (nSPS) is 15.6. The molecule has 2 aromatic rings. The third-order valence-corrected chi connectivity index (χ3v) is 5.84. The van der Waals surface area contributed by atoms with E-state index in [2.05, 4.69) is 0 Å². The highest BCUT2D eigenvalue weighted by atomic mass is 35.5. The number of halogens is 1. The predicted molar refractivity (Wildman–Crippen MR) is 117 cm³/mol. The fraction of sp³-hybridized carbons (Fsp3) is 0.364. The van der Waals surface area contributed by atoms with E-state index in [0.29, 0.717) is 29.3 Å². The van der Waals surface area contributed by atoms with E-state index in [4.69, 9.17) is 21.1 Å². The summed E-state index contributed by atoms with van der Waals surface area (Å²) in [5, 5.41) is 10.1. The molecule has 0 bridgehead atoms. The van der Waals surface area contributed by atoms with Gasteiger partial charge in [-0.1, -0.05) is 18.5 Å². The molecule has 0 saturated carbocycles. The lowest BCUT2D eigenvalue weighted by atomic mass is 9.99. The maximum Gasteiger partial charge on any atom is 0.412 e. The average Bonchev–Trinajstić information content (AvgIpc) is 2.72. The molecule has 2 aromatic carbocycles. The van der Waals surface area contributed by atoms with Crippen LogP contribution in [0, 0.1) is 13.8 Å². The first-order valence-electron chi connectivity index (χ1n) is 9.60. The Kier molecular flexibility index (Phi) is 6.12. The van der Waals surface area contributed by atoms with E-state index < -0.39 is 6.09 Å². The lowest BCUT2D eigenvalue weighted by molar-refractivity contribution is 0.0982. The monoisotopic (exact) mass is 432 g/mol. The van der Waals surface area contributed by atoms with Gasteiger partial charge in [0, 0.05) is 12.6 Å². The Morgan fingerprint density at radius 3 is 2.17 bits per heavy atom. The van der Waals surface area contributed by atoms with Crippen molar-refractivity contribution in [3.05, 3.63) is 46.0 Å². The summed E-state index contributed by atoms with van der Waals surface area (Å²) < 4.78 is 10.6. The topological polar surface area (TPSA) is 79.3 Å². The van der Waals surface area contributed by atoms with Gasteiger partial charge in [-0.3, -0.25) is 9.69 Å². The molecule has 160 valence electrons. The third-order valence-electron chi connectivity index (χ3n) is 5.53. The van der Waals surface area contributed by atoms with Gasteiger partial charge < -0.3 is 19.5 Å². The van der Waals surface area contributed by atoms with Crippen LogP contribution in [0.5, 0.6) is 11.5 Å². The van der Waals surface area contributed by atoms with Gasteiger partial charge in [-0.25, -0.2) is 4.79 Å². The van der Waals surface area contributed by atoms with Crippen molar-refractivity contribution in [3.8, 4) is 11.5 Å². The Balaban J connectivity index is 2.17. The Bertz CT molecular complexity index is 1010. The van der Waals surface area contributed by atoms with E-state index in [1.165, 1.54) is 19.1 Å². The minimum absolute atomic E-state index is 0.224. The van der Waals surface area contributed by atoms with Crippen molar-refractivity contribution >= 4 is 35.0 Å². The lowest BCUT2D eigenvalue weighted by Gasteiger charge is -2.41. The molecule has 8 heteroatoms. The number of aryl methyl sites for hydroxylation is 2. The molecule has 1 aliphatic heterocycles. The van der Waals surface area contributed by atoms with Crippen LogP contribution < -0.4 is 19.3 Å². The minimum Gasteiger partial charge on any atom is -0.493 e. The van der Waals surface area contributed by atoms with Crippen LogP contribution in [0.3, 0.4) is 0 Å². The Morgan fingerprint density at radius 1 is 1.07 bits per heavy atom. The van der Waals surface area contributed by atoms with Gasteiger partial charge in [-0.15, -0.1) is 0 Å². The maximum atomic E-state index is 13.6. The Hall–Kier alpha value is -2.93. The second kappa shape index (κ2) is 8.44. The summed E-state index contributed by atoms with van der Waals surface area (Å²) in [4.78, 5) is 28.5. The summed E-state index contributed by atoms with van der Waals surface area (Å²) in [6, 6.07) is 6.38. The standard InChI is InChI=1S/C22H25ClN2O5/c1-6-14-11-24(17-7-12(2)13(3)8-18(17)25(14)22(27)28)21(26)15-9-19(29-4)20(30-5)10-16(15)23/h7-10,14H,6,11H2,1-5H3,(H,27,28). The van der Waals surface area contributed by atoms with Crippen LogP contribution in [0.4, 0.5) is 16.2 Å². The van der Waals surface area contributed by atoms with Gasteiger partial charge in [0.1, 0.15) is 0 Å². The largest absolute Gasteiger partial charge is 0.493 e. The van der Waals surface area contributed by atoms with E-state index in [0.717, 1.165) is 11.1 Å². The first-order chi connectivity index (χ1) is 14.2. The zero-order valence-electron chi connectivity index (χ0n) is 17.7. The van der Waals surface area contributed by atoms with Crippen molar-refractivity contribution in [2.24, 2.45) is 0 Å². The predicted octanol–water partition coefficient (Wildman–Crippen LogP) is 4.90. The first kappa shape index (κ1) is 21.8. The highest BCUT2D eigenvalue weighted by Gasteiger charge is 2.37. The van der Waals surface area contributed by atoms with Crippen LogP contribution >= 0.6 is 11.6 Å². The number of hydrogen-bond acceptors (Lipinski definition) is 4. The number of carboxylic acid groups (broad SMARTS) is 1. The molecule has 3 rings (SSSR count). The number of amides is 2. The van der Waals surface area contributed by atoms with Gasteiger partial charge in [0.25, 0.3) is 5.91 Å². The number of methoxy groups -OCH3 is 2. The van der Waals surface area contributed by atoms with Crippen LogP contribution in [0.25, 0.3) is 0 Å². The second-order valence-corrected chi connectivity index (χ2v) is 7.65. The molecule has 1 aliphatic rings. The summed E-state index contributed by atoms with van der Waals surface area (Å²) in [5.74, 6) is 0.490. The minimum atomic E-state index is -1.04. The van der Waals surface area contributed by atoms with Crippen molar-refractivity contribution in [1.82, 2.24) is 0 Å². The van der Waals surface area contributed by atoms with Crippen LogP contribution in [-0.4, -0.2) is 43.9 Å². The summed E-state index contributed by atoms with van der Waals surface area (Å²) in [6.07, 6.45) is -0.482. The molecule has 0 aromatic heterocycles. The quantitative estimate of drug-likeness (QED) is 0.743. The fourth-order valence-corrected chi connectivity index (χ4v) is 3.94. The molecule has 0 spiro atoms. The number of hydrogen-bond donors (Lipinski definition) is 1. The molecule has 1 atom stereocenters. The number of carbonyl (C=O) groups is 2. The Labute approximate surface area is 180 Å². The number of fused-ring (bicyclic) bond motifs is 1. The van der Waals surface area contributed by atoms with Crippen LogP contribution in [-0.2, 0) is 0 Å². The first-order valence-corrected chi connectivity index (χ1v) is 9.98. The highest BCUT2D eigenvalue weighted by molar-refractivity contribution is 6.35. The molecular weight excluding hydrogens is 408 g/mol. The van der Waals surface area contributed by atoms with Crippen molar-refractivity contribution in [3.63, 3.8) is 0 Å². The van der Waals surface area contributed by atoms with E-state index in [9.17, 15) is 14.7 Å². The number of nitrogens with zero attached hydrogens (tertiary/aromatic N) is 2. The molecule has 0 radical (unpaired) electrons. The summed E-state index contributed by atoms with van der Waals surface area (Å²) in [7, 11) is 2.98. The zero-order chi connectivity index (χ0) is 22.2. The molecule has 0 saturated heterocycles. The molecule has 7 nitrogen and oxygen atoms in total. The Morgan fingerprint density at radius 2 is 1.63 bits per heavy atom. The van der Waals surface area contributed by atoms with Crippen LogP contribution in [0.2, 0.25) is 5.02 Å². The van der Waals surface area contributed by atoms with E-state index in [-0.39, 0.29) is 29.1 Å². The summed E-state index contributed by atoms with van der Waals surface area (Å²) >= 11 is 6.40. The number of benzene rings is 2. The van der Waals surface area contributed by atoms with Crippen LogP contribution in [0.1, 0.15) is 34.8 Å². The maximum absolute atomic E-state index is 13.6. The van der Waals surface area contributed by atoms with Crippen molar-refractivity contribution in [2.45, 2.75) is 33.2 Å². The van der Waals surface area contributed by atoms with Crippen molar-refractivity contribution in [2.75, 3.05) is 30.6 Å². The third kappa shape index (κ3) is 3.65. The van der Waals surface area contributed by atoms with Crippen LogP contribution in [0.15, 0.2) is 24.3 Å². The number of anilines is 2. The number of rotatable bonds is 4. The van der Waals surface area contributed by atoms with Crippen molar-refractivity contribution in [1.29, 1.82) is 0 Å². The van der Waals surface area contributed by atoms with E-state index in [1.807, 2.05) is 32.9 Å².